The maximum absolute atomic E-state index is 11.4. The van der Waals surface area contributed by atoms with Crippen LogP contribution in [0.3, 0.4) is 0 Å². The molecule has 0 aromatic carbocycles. The Balaban J connectivity index is 2.11. The summed E-state index contributed by atoms with van der Waals surface area (Å²) < 4.78 is 4.87. The summed E-state index contributed by atoms with van der Waals surface area (Å²) in [6.45, 7) is 0.186. The lowest BCUT2D eigenvalue weighted by Crippen LogP contribution is -2.33. The van der Waals surface area contributed by atoms with E-state index in [1.54, 1.807) is 6.07 Å². The molecule has 0 aliphatic rings. The zero-order valence-corrected chi connectivity index (χ0v) is 10.7. The fraction of sp³-hybridized carbons (Fsp3) is 0.417. The van der Waals surface area contributed by atoms with Crippen molar-refractivity contribution in [3.63, 3.8) is 0 Å². The molecule has 1 rings (SSSR count). The Morgan fingerprint density at radius 2 is 2.00 bits per heavy atom. The number of nitrogens with one attached hydrogen (secondary N) is 2. The zero-order valence-electron chi connectivity index (χ0n) is 10.7. The molecule has 0 aliphatic carbocycles. The molecular formula is C12H16N2O6. The molecule has 0 radical (unpaired) electrons. The fourth-order valence-electron chi connectivity index (χ4n) is 1.34. The van der Waals surface area contributed by atoms with Gasteiger partial charge >= 0.3 is 5.97 Å². The second-order valence-electron chi connectivity index (χ2n) is 3.98. The number of aliphatic carboxylic acids is 1. The lowest BCUT2D eigenvalue weighted by molar-refractivity contribution is -0.147. The van der Waals surface area contributed by atoms with Gasteiger partial charge in [-0.1, -0.05) is 0 Å². The Labute approximate surface area is 114 Å². The summed E-state index contributed by atoms with van der Waals surface area (Å²) in [7, 11) is 0. The first-order valence-corrected chi connectivity index (χ1v) is 6.00. The molecule has 1 atom stereocenters. The maximum atomic E-state index is 11.4. The molecule has 0 saturated carbocycles. The Morgan fingerprint density at radius 3 is 2.60 bits per heavy atom. The van der Waals surface area contributed by atoms with Crippen LogP contribution in [0.15, 0.2) is 22.8 Å². The third-order valence-corrected chi connectivity index (χ3v) is 2.41. The van der Waals surface area contributed by atoms with E-state index in [0.717, 1.165) is 0 Å². The first-order valence-electron chi connectivity index (χ1n) is 6.00. The largest absolute Gasteiger partial charge is 0.479 e. The van der Waals surface area contributed by atoms with Crippen molar-refractivity contribution in [1.29, 1.82) is 0 Å². The number of aliphatic hydroxyl groups is 1. The number of aliphatic hydroxyl groups excluding tert-OH is 1. The quantitative estimate of drug-likeness (QED) is 0.502. The van der Waals surface area contributed by atoms with Gasteiger partial charge in [0.15, 0.2) is 11.9 Å². The topological polar surface area (TPSA) is 129 Å². The first kappa shape index (κ1) is 15.7. The summed E-state index contributed by atoms with van der Waals surface area (Å²) in [5, 5.41) is 22.3. The summed E-state index contributed by atoms with van der Waals surface area (Å²) >= 11 is 0. The van der Waals surface area contributed by atoms with Crippen LogP contribution in [0.25, 0.3) is 0 Å². The van der Waals surface area contributed by atoms with Gasteiger partial charge in [-0.3, -0.25) is 9.59 Å². The van der Waals surface area contributed by atoms with Gasteiger partial charge in [0.05, 0.1) is 6.26 Å². The Bertz CT molecular complexity index is 457. The molecule has 0 spiro atoms. The number of carbonyl (C=O) groups excluding carboxylic acids is 2. The van der Waals surface area contributed by atoms with Crippen LogP contribution >= 0.6 is 0 Å². The number of hydrogen-bond acceptors (Lipinski definition) is 5. The molecular weight excluding hydrogens is 268 g/mol. The van der Waals surface area contributed by atoms with Crippen LogP contribution in [-0.4, -0.2) is 47.2 Å². The number of carbonyl (C=O) groups is 3. The predicted molar refractivity (Wildman–Crippen MR) is 66.9 cm³/mol. The third kappa shape index (κ3) is 5.53. The van der Waals surface area contributed by atoms with Crippen molar-refractivity contribution in [3.05, 3.63) is 24.2 Å². The minimum absolute atomic E-state index is 0.0512. The minimum atomic E-state index is -1.49. The van der Waals surface area contributed by atoms with E-state index in [1.165, 1.54) is 12.3 Å². The van der Waals surface area contributed by atoms with E-state index in [1.807, 2.05) is 0 Å². The standard InChI is InChI=1S/C12H16N2O6/c15-8(12(18)19)3-5-13-10(16)4-6-14-11(17)9-2-1-7-20-9/h1-2,7-8,15H,3-6H2,(H,13,16)(H,14,17)(H,18,19). The number of carboxylic acids is 1. The van der Waals surface area contributed by atoms with Gasteiger partial charge < -0.3 is 25.3 Å². The van der Waals surface area contributed by atoms with Gasteiger partial charge in [0, 0.05) is 25.9 Å². The fourth-order valence-corrected chi connectivity index (χ4v) is 1.34. The summed E-state index contributed by atoms with van der Waals surface area (Å²) in [5.41, 5.74) is 0. The van der Waals surface area contributed by atoms with Crippen molar-refractivity contribution in [2.24, 2.45) is 0 Å². The smallest absolute Gasteiger partial charge is 0.332 e. The molecule has 1 aromatic heterocycles. The molecule has 1 aromatic rings. The summed E-state index contributed by atoms with van der Waals surface area (Å²) in [6.07, 6.45) is -0.140. The van der Waals surface area contributed by atoms with Crippen molar-refractivity contribution in [1.82, 2.24) is 10.6 Å². The van der Waals surface area contributed by atoms with Crippen LogP contribution in [0.5, 0.6) is 0 Å². The molecule has 1 unspecified atom stereocenters. The van der Waals surface area contributed by atoms with Gasteiger partial charge in [0.2, 0.25) is 5.91 Å². The van der Waals surface area contributed by atoms with Gasteiger partial charge in [-0.05, 0) is 12.1 Å². The molecule has 0 fully saturated rings. The van der Waals surface area contributed by atoms with Gasteiger partial charge in [-0.15, -0.1) is 0 Å². The molecule has 20 heavy (non-hydrogen) atoms. The van der Waals surface area contributed by atoms with E-state index >= 15 is 0 Å². The molecule has 2 amide bonds. The average molecular weight is 284 g/mol. The molecule has 4 N–H and O–H groups in total. The van der Waals surface area contributed by atoms with Crippen LogP contribution in [0.4, 0.5) is 0 Å². The summed E-state index contributed by atoms with van der Waals surface area (Å²) in [6, 6.07) is 3.08. The maximum Gasteiger partial charge on any atom is 0.332 e. The average Bonchev–Trinajstić information content (AvgIpc) is 2.92. The van der Waals surface area contributed by atoms with Crippen molar-refractivity contribution in [2.45, 2.75) is 18.9 Å². The molecule has 0 saturated heterocycles. The number of rotatable bonds is 8. The predicted octanol–water partition coefficient (Wildman–Crippen LogP) is -0.649. The zero-order chi connectivity index (χ0) is 15.0. The Morgan fingerprint density at radius 1 is 1.25 bits per heavy atom. The SMILES string of the molecule is O=C(CCNC(=O)c1ccco1)NCCC(O)C(=O)O. The monoisotopic (exact) mass is 284 g/mol. The highest BCUT2D eigenvalue weighted by Gasteiger charge is 2.13. The molecule has 0 bridgehead atoms. The third-order valence-electron chi connectivity index (χ3n) is 2.41. The second kappa shape index (κ2) is 7.95. The van der Waals surface area contributed by atoms with Crippen molar-refractivity contribution in [3.8, 4) is 0 Å². The number of carboxylic acid groups (broad SMARTS) is 1. The van der Waals surface area contributed by atoms with Gasteiger partial charge in [0.1, 0.15) is 0 Å². The highest BCUT2D eigenvalue weighted by atomic mass is 16.4. The summed E-state index contributed by atoms with van der Waals surface area (Å²) in [5.74, 6) is -1.92. The van der Waals surface area contributed by atoms with Gasteiger partial charge in [-0.25, -0.2) is 4.79 Å². The molecule has 0 aliphatic heterocycles. The molecule has 1 heterocycles. The van der Waals surface area contributed by atoms with E-state index in [4.69, 9.17) is 14.6 Å². The van der Waals surface area contributed by atoms with Crippen LogP contribution in [0.1, 0.15) is 23.4 Å². The number of furan rings is 1. The highest BCUT2D eigenvalue weighted by molar-refractivity contribution is 5.91. The van der Waals surface area contributed by atoms with Crippen LogP contribution in [-0.2, 0) is 9.59 Å². The normalized spacial score (nSPS) is 11.7. The summed E-state index contributed by atoms with van der Waals surface area (Å²) in [4.78, 5) is 33.1. The van der Waals surface area contributed by atoms with E-state index in [0.29, 0.717) is 0 Å². The van der Waals surface area contributed by atoms with Gasteiger partial charge in [-0.2, -0.15) is 0 Å². The Hall–Kier alpha value is -2.35. The van der Waals surface area contributed by atoms with Crippen molar-refractivity contribution in [2.75, 3.05) is 13.1 Å². The van der Waals surface area contributed by atoms with Crippen LogP contribution < -0.4 is 10.6 Å². The Kier molecular flexibility index (Phi) is 6.24. The number of hydrogen-bond donors (Lipinski definition) is 4. The van der Waals surface area contributed by atoms with E-state index in [9.17, 15) is 14.4 Å². The van der Waals surface area contributed by atoms with Crippen LogP contribution in [0, 0.1) is 0 Å². The van der Waals surface area contributed by atoms with Crippen molar-refractivity contribution >= 4 is 17.8 Å². The lowest BCUT2D eigenvalue weighted by Gasteiger charge is -2.07. The van der Waals surface area contributed by atoms with Crippen molar-refractivity contribution < 1.29 is 29.0 Å². The van der Waals surface area contributed by atoms with E-state index in [-0.39, 0.29) is 37.6 Å². The van der Waals surface area contributed by atoms with Gasteiger partial charge in [0.25, 0.3) is 5.91 Å². The van der Waals surface area contributed by atoms with E-state index in [2.05, 4.69) is 10.6 Å². The first-order chi connectivity index (χ1) is 9.50. The lowest BCUT2D eigenvalue weighted by atomic mass is 10.2. The molecule has 8 nitrogen and oxygen atoms in total. The highest BCUT2D eigenvalue weighted by Crippen LogP contribution is 1.98. The second-order valence-corrected chi connectivity index (χ2v) is 3.98. The number of amides is 2. The molecule has 8 heteroatoms. The minimum Gasteiger partial charge on any atom is -0.479 e. The van der Waals surface area contributed by atoms with Crippen LogP contribution in [0.2, 0.25) is 0 Å². The molecule has 110 valence electrons. The van der Waals surface area contributed by atoms with E-state index < -0.39 is 18.0 Å².